The number of carbonyl (C=O) groups is 1. The van der Waals surface area contributed by atoms with Gasteiger partial charge in [-0.1, -0.05) is 51.5 Å². The molecule has 2 atom stereocenters. The van der Waals surface area contributed by atoms with Crippen LogP contribution in [-0.4, -0.2) is 36.2 Å². The highest BCUT2D eigenvalue weighted by Gasteiger charge is 2.41. The lowest BCUT2D eigenvalue weighted by Gasteiger charge is -2.48. The summed E-state index contributed by atoms with van der Waals surface area (Å²) in [6, 6.07) is 14.4. The molecule has 0 amide bonds. The van der Waals surface area contributed by atoms with Crippen molar-refractivity contribution in [1.82, 2.24) is 4.90 Å². The third-order valence-electron chi connectivity index (χ3n) is 9.12. The molecule has 5 rings (SSSR count). The molecule has 2 unspecified atom stereocenters. The Balaban J connectivity index is 1.27. The highest BCUT2D eigenvalue weighted by molar-refractivity contribution is 5.88. The first-order valence-corrected chi connectivity index (χ1v) is 13.8. The predicted octanol–water partition coefficient (Wildman–Crippen LogP) is 7.13. The fraction of sp³-hybridized carbons (Fsp3) is 0.645. The summed E-state index contributed by atoms with van der Waals surface area (Å²) in [5.74, 6) is 1.88. The van der Waals surface area contributed by atoms with E-state index in [2.05, 4.69) is 62.1 Å². The second kappa shape index (κ2) is 10.1. The van der Waals surface area contributed by atoms with Crippen LogP contribution in [0.5, 0.6) is 5.75 Å². The summed E-state index contributed by atoms with van der Waals surface area (Å²) in [5, 5.41) is 2.48. The number of rotatable bonds is 5. The van der Waals surface area contributed by atoms with Crippen molar-refractivity contribution in [3.63, 3.8) is 0 Å². The number of fused-ring (bicyclic) bond motifs is 3. The van der Waals surface area contributed by atoms with Gasteiger partial charge in [0.1, 0.15) is 5.75 Å². The summed E-state index contributed by atoms with van der Waals surface area (Å²) < 4.78 is 11.6. The van der Waals surface area contributed by atoms with E-state index in [0.29, 0.717) is 23.6 Å². The van der Waals surface area contributed by atoms with Crippen LogP contribution < -0.4 is 4.74 Å². The first-order valence-electron chi connectivity index (χ1n) is 13.8. The van der Waals surface area contributed by atoms with Crippen LogP contribution in [0.2, 0.25) is 0 Å². The summed E-state index contributed by atoms with van der Waals surface area (Å²) in [6.45, 7) is 8.07. The maximum Gasteiger partial charge on any atom is 0.308 e. The molecule has 2 saturated heterocycles. The number of benzene rings is 2. The van der Waals surface area contributed by atoms with Crippen LogP contribution in [0.25, 0.3) is 10.8 Å². The molecule has 1 aliphatic carbocycles. The second-order valence-electron chi connectivity index (χ2n) is 12.4. The van der Waals surface area contributed by atoms with Crippen LogP contribution in [0, 0.1) is 17.3 Å². The number of methoxy groups -OCH3 is 1. The minimum Gasteiger partial charge on any atom is -0.490 e. The van der Waals surface area contributed by atoms with E-state index in [1.165, 1.54) is 55.5 Å². The molecule has 190 valence electrons. The maximum absolute atomic E-state index is 12.2. The van der Waals surface area contributed by atoms with Crippen LogP contribution in [0.1, 0.15) is 84.1 Å². The summed E-state index contributed by atoms with van der Waals surface area (Å²) in [5.41, 5.74) is 1.75. The zero-order valence-corrected chi connectivity index (χ0v) is 22.1. The van der Waals surface area contributed by atoms with Gasteiger partial charge in [-0.15, -0.1) is 0 Å². The van der Waals surface area contributed by atoms with E-state index in [9.17, 15) is 4.79 Å². The average molecular weight is 478 g/mol. The molecule has 2 aromatic carbocycles. The number of hydrogen-bond acceptors (Lipinski definition) is 4. The topological polar surface area (TPSA) is 38.8 Å². The van der Waals surface area contributed by atoms with Gasteiger partial charge in [0.2, 0.25) is 0 Å². The highest BCUT2D eigenvalue weighted by atomic mass is 16.5. The van der Waals surface area contributed by atoms with Gasteiger partial charge in [-0.05, 0) is 85.8 Å². The molecular formula is C31H43NO3. The average Bonchev–Trinajstić information content (AvgIpc) is 2.83. The molecule has 0 aromatic heterocycles. The van der Waals surface area contributed by atoms with Crippen molar-refractivity contribution in [3.8, 4) is 5.75 Å². The van der Waals surface area contributed by atoms with E-state index < -0.39 is 0 Å². The number of piperidine rings is 2. The van der Waals surface area contributed by atoms with Gasteiger partial charge in [0.05, 0.1) is 19.1 Å². The predicted molar refractivity (Wildman–Crippen MR) is 141 cm³/mol. The molecule has 2 aliphatic heterocycles. The van der Waals surface area contributed by atoms with Crippen molar-refractivity contribution in [1.29, 1.82) is 0 Å². The van der Waals surface area contributed by atoms with Gasteiger partial charge in [-0.25, -0.2) is 0 Å². The van der Waals surface area contributed by atoms with Gasteiger partial charge in [0.25, 0.3) is 0 Å². The number of ether oxygens (including phenoxy) is 2. The Kier molecular flexibility index (Phi) is 7.12. The van der Waals surface area contributed by atoms with E-state index in [1.54, 1.807) is 0 Å². The van der Waals surface area contributed by atoms with E-state index in [1.807, 2.05) is 0 Å². The van der Waals surface area contributed by atoms with E-state index in [0.717, 1.165) is 43.9 Å². The number of hydrogen-bond donors (Lipinski definition) is 0. The van der Waals surface area contributed by atoms with Crippen LogP contribution in [0.4, 0.5) is 0 Å². The minimum atomic E-state index is -0.0216. The third-order valence-corrected chi connectivity index (χ3v) is 9.12. The van der Waals surface area contributed by atoms with Crippen molar-refractivity contribution >= 4 is 16.7 Å². The molecule has 0 radical (unpaired) electrons. The fourth-order valence-electron chi connectivity index (χ4n) is 7.04. The molecule has 4 heteroatoms. The Morgan fingerprint density at radius 3 is 2.34 bits per heavy atom. The van der Waals surface area contributed by atoms with Gasteiger partial charge in [0.15, 0.2) is 0 Å². The van der Waals surface area contributed by atoms with Gasteiger partial charge < -0.3 is 9.47 Å². The molecular weight excluding hydrogens is 434 g/mol. The number of esters is 1. The second-order valence-corrected chi connectivity index (χ2v) is 12.4. The minimum absolute atomic E-state index is 0.0216. The number of carbonyl (C=O) groups excluding carboxylic acids is 1. The summed E-state index contributed by atoms with van der Waals surface area (Å²) >= 11 is 0. The number of nitrogens with zero attached hydrogens (tertiary/aromatic N) is 1. The molecule has 3 fully saturated rings. The quantitative estimate of drug-likeness (QED) is 0.429. The van der Waals surface area contributed by atoms with Crippen LogP contribution in [-0.2, 0) is 16.1 Å². The largest absolute Gasteiger partial charge is 0.490 e. The highest BCUT2D eigenvalue weighted by Crippen LogP contribution is 2.41. The molecule has 0 spiro atoms. The van der Waals surface area contributed by atoms with Crippen molar-refractivity contribution in [3.05, 3.63) is 42.0 Å². The molecule has 2 bridgehead atoms. The fourth-order valence-corrected chi connectivity index (χ4v) is 7.04. The van der Waals surface area contributed by atoms with E-state index in [4.69, 9.17) is 9.47 Å². The standard InChI is InChI=1S/C31H43NO3/c1-31(2,3)24-12-14-27(15-13-24)35-29-10-5-7-22-17-21(11-16-28(22)29)20-32-25-8-6-9-26(32)19-23(18-25)30(33)34-4/h5,7,10-11,16-17,23-27H,6,8-9,12-15,18-20H2,1-4H3. The SMILES string of the molecule is COC(=O)C1CC2CCCC(C1)N2Cc1ccc2c(OC3CCC(C(C)(C)C)CC3)cccc2c1. The lowest BCUT2D eigenvalue weighted by molar-refractivity contribution is -0.150. The van der Waals surface area contributed by atoms with E-state index >= 15 is 0 Å². The van der Waals surface area contributed by atoms with Crippen molar-refractivity contribution in [2.24, 2.45) is 17.3 Å². The van der Waals surface area contributed by atoms with Crippen LogP contribution >= 0.6 is 0 Å². The van der Waals surface area contributed by atoms with Gasteiger partial charge in [0, 0.05) is 24.0 Å². The first kappa shape index (κ1) is 24.6. The smallest absolute Gasteiger partial charge is 0.308 e. The van der Waals surface area contributed by atoms with E-state index in [-0.39, 0.29) is 11.9 Å². The first-order chi connectivity index (χ1) is 16.8. The Labute approximate surface area is 211 Å². The maximum atomic E-state index is 12.2. The Morgan fingerprint density at radius 1 is 0.971 bits per heavy atom. The van der Waals surface area contributed by atoms with Crippen molar-refractivity contribution in [2.45, 2.75) is 103 Å². The summed E-state index contributed by atoms with van der Waals surface area (Å²) in [4.78, 5) is 14.9. The molecule has 4 nitrogen and oxygen atoms in total. The summed E-state index contributed by atoms with van der Waals surface area (Å²) in [6.07, 6.45) is 10.7. The molecule has 35 heavy (non-hydrogen) atoms. The van der Waals surface area contributed by atoms with Crippen molar-refractivity contribution in [2.75, 3.05) is 7.11 Å². The molecule has 0 N–H and O–H groups in total. The zero-order chi connectivity index (χ0) is 24.6. The zero-order valence-electron chi connectivity index (χ0n) is 22.1. The van der Waals surface area contributed by atoms with Gasteiger partial charge in [-0.2, -0.15) is 0 Å². The Hall–Kier alpha value is -2.07. The Bertz CT molecular complexity index is 1020. The molecule has 2 aromatic rings. The van der Waals surface area contributed by atoms with Gasteiger partial charge in [-0.3, -0.25) is 9.69 Å². The third kappa shape index (κ3) is 5.38. The normalized spacial score (nSPS) is 29.7. The molecule has 1 saturated carbocycles. The van der Waals surface area contributed by atoms with Crippen LogP contribution in [0.3, 0.4) is 0 Å². The lowest BCUT2D eigenvalue weighted by atomic mass is 9.72. The van der Waals surface area contributed by atoms with Gasteiger partial charge >= 0.3 is 5.97 Å². The summed E-state index contributed by atoms with van der Waals surface area (Å²) in [7, 11) is 1.52. The lowest BCUT2D eigenvalue weighted by Crippen LogP contribution is -2.52. The monoisotopic (exact) mass is 477 g/mol. The molecule has 3 aliphatic rings. The molecule has 2 heterocycles. The van der Waals surface area contributed by atoms with Crippen LogP contribution in [0.15, 0.2) is 36.4 Å². The Morgan fingerprint density at radius 2 is 1.69 bits per heavy atom. The van der Waals surface area contributed by atoms with Crippen molar-refractivity contribution < 1.29 is 14.3 Å².